The van der Waals surface area contributed by atoms with Crippen molar-refractivity contribution < 1.29 is 29.0 Å². The van der Waals surface area contributed by atoms with Gasteiger partial charge in [-0.2, -0.15) is 0 Å². The lowest BCUT2D eigenvalue weighted by atomic mass is 10.1. The molecule has 9 heteroatoms. The molecule has 27 heavy (non-hydrogen) atoms. The van der Waals surface area contributed by atoms with Crippen LogP contribution in [0, 0.1) is 0 Å². The molecule has 2 aromatic carbocycles. The zero-order valence-electron chi connectivity index (χ0n) is 14.5. The molecule has 0 fully saturated rings. The van der Waals surface area contributed by atoms with Gasteiger partial charge < -0.3 is 10.1 Å². The number of carbonyl (C=O) groups excluding carboxylic acids is 1. The van der Waals surface area contributed by atoms with Gasteiger partial charge in [0.15, 0.2) is 0 Å². The molecule has 0 aliphatic carbocycles. The summed E-state index contributed by atoms with van der Waals surface area (Å²) >= 11 is 0. The average Bonchev–Trinajstić information content (AvgIpc) is 2.53. The predicted molar refractivity (Wildman–Crippen MR) is 97.1 cm³/mol. The predicted octanol–water partition coefficient (Wildman–Crippen LogP) is 6.94. The van der Waals surface area contributed by atoms with Crippen LogP contribution in [0.4, 0.5) is 25.1 Å². The third kappa shape index (κ3) is 5.72. The van der Waals surface area contributed by atoms with E-state index in [0.717, 1.165) is 12.1 Å². The van der Waals surface area contributed by atoms with Crippen molar-refractivity contribution in [2.45, 2.75) is 24.3 Å². The summed E-state index contributed by atoms with van der Waals surface area (Å²) < 4.78 is 69.2. The van der Waals surface area contributed by atoms with E-state index in [1.54, 1.807) is 32.1 Å². The number of amides is 1. The van der Waals surface area contributed by atoms with Crippen LogP contribution in [0.2, 0.25) is 0 Å². The molecule has 2 rings (SSSR count). The SMILES string of the molecule is C=CC(C)(C)Oc1cccc(C(=O)Nc2ccc(S(F)(F)(F)(F)F)cc2)c1. The molecular formula is C18H18F5NO2S. The van der Waals surface area contributed by atoms with Gasteiger partial charge in [-0.25, -0.2) is 0 Å². The van der Waals surface area contributed by atoms with Crippen molar-refractivity contribution in [1.29, 1.82) is 0 Å². The Hall–Kier alpha value is -2.55. The fourth-order valence-electron chi connectivity index (χ4n) is 2.04. The number of rotatable bonds is 6. The van der Waals surface area contributed by atoms with Crippen LogP contribution in [0.15, 0.2) is 66.1 Å². The highest BCUT2D eigenvalue weighted by atomic mass is 32.5. The normalized spacial score (nSPS) is 14.6. The third-order valence-corrected chi connectivity index (χ3v) is 4.69. The number of hydrogen-bond donors (Lipinski definition) is 1. The Morgan fingerprint density at radius 3 is 2.19 bits per heavy atom. The lowest BCUT2D eigenvalue weighted by molar-refractivity contribution is 0.102. The second kappa shape index (κ2) is 5.98. The summed E-state index contributed by atoms with van der Waals surface area (Å²) in [5, 5.41) is 2.35. The van der Waals surface area contributed by atoms with E-state index in [1.165, 1.54) is 12.1 Å². The van der Waals surface area contributed by atoms with Crippen LogP contribution < -0.4 is 10.1 Å². The van der Waals surface area contributed by atoms with E-state index in [9.17, 15) is 24.2 Å². The Labute approximate surface area is 153 Å². The Morgan fingerprint density at radius 2 is 1.67 bits per heavy atom. The van der Waals surface area contributed by atoms with Gasteiger partial charge in [0.1, 0.15) is 16.2 Å². The molecular weight excluding hydrogens is 389 g/mol. The summed E-state index contributed by atoms with van der Waals surface area (Å²) in [7, 11) is -9.74. The maximum absolute atomic E-state index is 12.7. The Balaban J connectivity index is 2.18. The molecule has 0 atom stereocenters. The highest BCUT2D eigenvalue weighted by molar-refractivity contribution is 8.45. The van der Waals surface area contributed by atoms with Crippen molar-refractivity contribution in [2.24, 2.45) is 0 Å². The summed E-state index contributed by atoms with van der Waals surface area (Å²) in [5.74, 6) is -0.235. The van der Waals surface area contributed by atoms with Crippen molar-refractivity contribution in [1.82, 2.24) is 0 Å². The van der Waals surface area contributed by atoms with Crippen LogP contribution in [0.1, 0.15) is 24.2 Å². The average molecular weight is 407 g/mol. The number of ether oxygens (including phenoxy) is 1. The van der Waals surface area contributed by atoms with Gasteiger partial charge >= 0.3 is 10.2 Å². The Kier molecular flexibility index (Phi) is 4.60. The molecule has 148 valence electrons. The van der Waals surface area contributed by atoms with E-state index < -0.39 is 26.6 Å². The molecule has 0 radical (unpaired) electrons. The highest BCUT2D eigenvalue weighted by Gasteiger charge is 2.65. The molecule has 0 saturated heterocycles. The van der Waals surface area contributed by atoms with E-state index in [2.05, 4.69) is 11.9 Å². The van der Waals surface area contributed by atoms with E-state index in [0.29, 0.717) is 5.75 Å². The van der Waals surface area contributed by atoms with E-state index >= 15 is 0 Å². The van der Waals surface area contributed by atoms with Crippen LogP contribution in [0.25, 0.3) is 0 Å². The molecule has 3 nitrogen and oxygen atoms in total. The van der Waals surface area contributed by atoms with Gasteiger partial charge in [0.25, 0.3) is 5.91 Å². The number of hydrogen-bond acceptors (Lipinski definition) is 2. The molecule has 0 heterocycles. The first kappa shape index (κ1) is 20.8. The summed E-state index contributed by atoms with van der Waals surface area (Å²) in [4.78, 5) is 10.2. The monoisotopic (exact) mass is 407 g/mol. The first-order valence-corrected chi connectivity index (χ1v) is 9.63. The van der Waals surface area contributed by atoms with Crippen molar-refractivity contribution in [2.75, 3.05) is 5.32 Å². The molecule has 0 bridgehead atoms. The van der Waals surface area contributed by atoms with Gasteiger partial charge in [0, 0.05) is 11.3 Å². The molecule has 0 saturated carbocycles. The number of benzene rings is 2. The first-order chi connectivity index (χ1) is 12.1. The van der Waals surface area contributed by atoms with Gasteiger partial charge in [-0.15, -0.1) is 0 Å². The number of anilines is 1. The molecule has 2 aromatic rings. The molecule has 1 N–H and O–H groups in total. The largest absolute Gasteiger partial charge is 0.484 e. The molecule has 0 unspecified atom stereocenters. The van der Waals surface area contributed by atoms with E-state index in [-0.39, 0.29) is 23.4 Å². The second-order valence-corrected chi connectivity index (χ2v) is 8.79. The van der Waals surface area contributed by atoms with E-state index in [4.69, 9.17) is 4.74 Å². The van der Waals surface area contributed by atoms with Gasteiger partial charge in [0.2, 0.25) is 0 Å². The van der Waals surface area contributed by atoms with Crippen molar-refractivity contribution >= 4 is 21.8 Å². The quantitative estimate of drug-likeness (QED) is 0.416. The lowest BCUT2D eigenvalue weighted by Crippen LogP contribution is -2.24. The smallest absolute Gasteiger partial charge is 0.310 e. The van der Waals surface area contributed by atoms with Gasteiger partial charge in [-0.1, -0.05) is 32.1 Å². The lowest BCUT2D eigenvalue weighted by Gasteiger charge is -2.40. The number of halogens is 5. The zero-order valence-corrected chi connectivity index (χ0v) is 15.3. The van der Waals surface area contributed by atoms with E-state index in [1.807, 2.05) is 0 Å². The fourth-order valence-corrected chi connectivity index (χ4v) is 2.70. The second-order valence-electron chi connectivity index (χ2n) is 6.38. The first-order valence-electron chi connectivity index (χ1n) is 7.68. The minimum atomic E-state index is -9.74. The van der Waals surface area contributed by atoms with Crippen LogP contribution in [-0.2, 0) is 0 Å². The summed E-state index contributed by atoms with van der Waals surface area (Å²) in [5.41, 5.74) is -0.538. The maximum atomic E-state index is 12.7. The number of carbonyl (C=O) groups is 1. The van der Waals surface area contributed by atoms with Crippen LogP contribution in [0.3, 0.4) is 0 Å². The summed E-state index contributed by atoms with van der Waals surface area (Å²) in [6.45, 7) is 7.18. The minimum absolute atomic E-state index is 0.0525. The fraction of sp³-hybridized carbons (Fsp3) is 0.167. The molecule has 0 aliphatic rings. The topological polar surface area (TPSA) is 38.3 Å². The van der Waals surface area contributed by atoms with Gasteiger partial charge in [-0.3, -0.25) is 4.79 Å². The minimum Gasteiger partial charge on any atom is -0.484 e. The molecule has 0 aliphatic heterocycles. The molecule has 0 spiro atoms. The maximum Gasteiger partial charge on any atom is 0.310 e. The van der Waals surface area contributed by atoms with Crippen molar-refractivity contribution in [3.63, 3.8) is 0 Å². The molecule has 1 amide bonds. The van der Waals surface area contributed by atoms with Crippen LogP contribution >= 0.6 is 10.2 Å². The summed E-state index contributed by atoms with van der Waals surface area (Å²) in [6, 6.07) is 8.15. The standard InChI is InChI=1S/C18H18F5NO2S/c1-4-18(2,3)26-15-7-5-6-13(12-15)17(25)24-14-8-10-16(11-9-14)27(19,20,21,22)23/h4-12H,1H2,2-3H3,(H,24,25). The van der Waals surface area contributed by atoms with Gasteiger partial charge in [0.05, 0.1) is 0 Å². The zero-order chi connectivity index (χ0) is 20.6. The third-order valence-electron chi connectivity index (χ3n) is 3.53. The van der Waals surface area contributed by atoms with Crippen molar-refractivity contribution in [3.05, 3.63) is 66.7 Å². The summed E-state index contributed by atoms with van der Waals surface area (Å²) in [6.07, 6.45) is 1.58. The Bertz CT molecular complexity index is 877. The van der Waals surface area contributed by atoms with Gasteiger partial charge in [-0.05, 0) is 62.4 Å². The van der Waals surface area contributed by atoms with Crippen LogP contribution in [-0.4, -0.2) is 11.5 Å². The Morgan fingerprint density at radius 1 is 1.07 bits per heavy atom. The molecule has 0 aromatic heterocycles. The number of nitrogens with one attached hydrogen (secondary N) is 1. The highest BCUT2D eigenvalue weighted by Crippen LogP contribution is 3.02. The van der Waals surface area contributed by atoms with Crippen molar-refractivity contribution in [3.8, 4) is 5.75 Å². The van der Waals surface area contributed by atoms with Crippen LogP contribution in [0.5, 0.6) is 5.75 Å².